The van der Waals surface area contributed by atoms with E-state index in [0.29, 0.717) is 18.1 Å². The molecule has 2 aliphatic rings. The van der Waals surface area contributed by atoms with E-state index >= 15 is 0 Å². The zero-order valence-corrected chi connectivity index (χ0v) is 8.79. The molecule has 0 bridgehead atoms. The number of hydrogen-bond donors (Lipinski definition) is 0. The van der Waals surface area contributed by atoms with Crippen LogP contribution >= 0.6 is 0 Å². The molecule has 0 aromatic carbocycles. The molecule has 0 aromatic heterocycles. The van der Waals surface area contributed by atoms with Crippen LogP contribution in [0.2, 0.25) is 0 Å². The number of carbonyl (C=O) groups is 1. The van der Waals surface area contributed by atoms with Gasteiger partial charge < -0.3 is 4.74 Å². The summed E-state index contributed by atoms with van der Waals surface area (Å²) in [7, 11) is 1.69. The maximum absolute atomic E-state index is 11.3. The van der Waals surface area contributed by atoms with Crippen molar-refractivity contribution < 1.29 is 9.53 Å². The number of ketones is 1. The fourth-order valence-electron chi connectivity index (χ4n) is 2.41. The minimum Gasteiger partial charge on any atom is -0.376 e. The summed E-state index contributed by atoms with van der Waals surface area (Å²) in [5.74, 6) is 0.933. The highest BCUT2D eigenvalue weighted by Crippen LogP contribution is 2.31. The van der Waals surface area contributed by atoms with Crippen LogP contribution in [0.1, 0.15) is 38.5 Å². The Labute approximate surface area is 85.3 Å². The maximum Gasteiger partial charge on any atom is 0.164 e. The Morgan fingerprint density at radius 3 is 2.57 bits per heavy atom. The average molecular weight is 194 g/mol. The lowest BCUT2D eigenvalue weighted by Gasteiger charge is -2.29. The number of rotatable bonds is 2. The van der Waals surface area contributed by atoms with E-state index in [9.17, 15) is 4.79 Å². The molecular weight excluding hydrogens is 176 g/mol. The monoisotopic (exact) mass is 194 g/mol. The molecule has 2 fully saturated rings. The SMILES string of the molecule is CO[C@@H]1CC(=O)/C1=C/C1CCCCC1. The summed E-state index contributed by atoms with van der Waals surface area (Å²) < 4.78 is 5.22. The second-order valence-electron chi connectivity index (χ2n) is 4.37. The third-order valence-electron chi connectivity index (χ3n) is 3.39. The Kier molecular flexibility index (Phi) is 3.02. The van der Waals surface area contributed by atoms with Gasteiger partial charge >= 0.3 is 0 Å². The van der Waals surface area contributed by atoms with E-state index in [4.69, 9.17) is 4.74 Å². The van der Waals surface area contributed by atoms with Gasteiger partial charge in [0.2, 0.25) is 0 Å². The first-order chi connectivity index (χ1) is 6.81. The highest BCUT2D eigenvalue weighted by molar-refractivity contribution is 6.03. The molecule has 0 radical (unpaired) electrons. The van der Waals surface area contributed by atoms with Crippen LogP contribution in [0.5, 0.6) is 0 Å². The minimum atomic E-state index is 0.101. The van der Waals surface area contributed by atoms with Gasteiger partial charge in [-0.25, -0.2) is 0 Å². The Morgan fingerprint density at radius 2 is 2.00 bits per heavy atom. The van der Waals surface area contributed by atoms with Crippen LogP contribution in [-0.4, -0.2) is 19.0 Å². The number of ether oxygens (including phenoxy) is 1. The third-order valence-corrected chi connectivity index (χ3v) is 3.39. The van der Waals surface area contributed by atoms with Crippen LogP contribution in [-0.2, 0) is 9.53 Å². The van der Waals surface area contributed by atoms with Gasteiger partial charge in [-0.05, 0) is 18.8 Å². The van der Waals surface area contributed by atoms with E-state index < -0.39 is 0 Å². The normalized spacial score (nSPS) is 31.9. The molecule has 1 atom stereocenters. The van der Waals surface area contributed by atoms with E-state index in [0.717, 1.165) is 5.57 Å². The van der Waals surface area contributed by atoms with Crippen LogP contribution in [0.25, 0.3) is 0 Å². The summed E-state index contributed by atoms with van der Waals surface area (Å²) in [6, 6.07) is 0. The van der Waals surface area contributed by atoms with Crippen molar-refractivity contribution in [2.45, 2.75) is 44.6 Å². The molecule has 0 saturated heterocycles. The van der Waals surface area contributed by atoms with Gasteiger partial charge in [0, 0.05) is 19.1 Å². The standard InChI is InChI=1S/C12H18O2/c1-14-12-8-11(13)10(12)7-9-5-3-2-4-6-9/h7,9,12H,2-6,8H2,1H3/b10-7-/t12-/m1/s1. The summed E-state index contributed by atoms with van der Waals surface area (Å²) in [5, 5.41) is 0. The predicted octanol–water partition coefficient (Wildman–Crippen LogP) is 2.48. The van der Waals surface area contributed by atoms with Crippen molar-refractivity contribution in [3.8, 4) is 0 Å². The molecule has 0 heterocycles. The van der Waals surface area contributed by atoms with E-state index in [1.165, 1.54) is 32.1 Å². The number of hydrogen-bond acceptors (Lipinski definition) is 2. The van der Waals surface area contributed by atoms with Crippen molar-refractivity contribution >= 4 is 5.78 Å². The summed E-state index contributed by atoms with van der Waals surface area (Å²) in [6.45, 7) is 0. The lowest BCUT2D eigenvalue weighted by atomic mass is 9.80. The molecule has 2 rings (SSSR count). The average Bonchev–Trinajstić information content (AvgIpc) is 2.24. The minimum absolute atomic E-state index is 0.101. The molecule has 14 heavy (non-hydrogen) atoms. The molecule has 0 spiro atoms. The zero-order chi connectivity index (χ0) is 9.97. The summed E-state index contributed by atoms with van der Waals surface area (Å²) in [5.41, 5.74) is 0.944. The van der Waals surface area contributed by atoms with Crippen LogP contribution in [0.3, 0.4) is 0 Å². The molecule has 78 valence electrons. The van der Waals surface area contributed by atoms with E-state index in [2.05, 4.69) is 6.08 Å². The topological polar surface area (TPSA) is 26.3 Å². The molecule has 0 N–H and O–H groups in total. The van der Waals surface area contributed by atoms with Gasteiger partial charge in [0.1, 0.15) is 0 Å². The van der Waals surface area contributed by atoms with Crippen molar-refractivity contribution in [3.63, 3.8) is 0 Å². The second-order valence-corrected chi connectivity index (χ2v) is 4.37. The van der Waals surface area contributed by atoms with E-state index in [1.54, 1.807) is 7.11 Å². The first-order valence-electron chi connectivity index (χ1n) is 5.59. The smallest absolute Gasteiger partial charge is 0.164 e. The van der Waals surface area contributed by atoms with E-state index in [-0.39, 0.29) is 6.10 Å². The van der Waals surface area contributed by atoms with Crippen LogP contribution in [0.15, 0.2) is 11.6 Å². The van der Waals surface area contributed by atoms with Crippen LogP contribution < -0.4 is 0 Å². The van der Waals surface area contributed by atoms with Gasteiger partial charge in [0.15, 0.2) is 5.78 Å². The Bertz CT molecular complexity index is 249. The molecule has 2 saturated carbocycles. The number of Topliss-reactive ketones (excluding diaryl/α,β-unsaturated/α-hetero) is 1. The molecule has 2 heteroatoms. The van der Waals surface area contributed by atoms with Crippen molar-refractivity contribution in [3.05, 3.63) is 11.6 Å². The van der Waals surface area contributed by atoms with Crippen molar-refractivity contribution in [2.24, 2.45) is 5.92 Å². The molecule has 2 nitrogen and oxygen atoms in total. The van der Waals surface area contributed by atoms with Gasteiger partial charge in [0.25, 0.3) is 0 Å². The number of allylic oxidation sites excluding steroid dienone is 1. The van der Waals surface area contributed by atoms with Crippen molar-refractivity contribution in [2.75, 3.05) is 7.11 Å². The molecule has 2 aliphatic carbocycles. The van der Waals surface area contributed by atoms with Gasteiger partial charge in [-0.1, -0.05) is 25.3 Å². The Morgan fingerprint density at radius 1 is 1.29 bits per heavy atom. The molecular formula is C12H18O2. The van der Waals surface area contributed by atoms with Gasteiger partial charge in [-0.3, -0.25) is 4.79 Å². The van der Waals surface area contributed by atoms with Crippen LogP contribution in [0, 0.1) is 5.92 Å². The first kappa shape index (κ1) is 9.91. The lowest BCUT2D eigenvalue weighted by molar-refractivity contribution is -0.124. The summed E-state index contributed by atoms with van der Waals surface area (Å²) >= 11 is 0. The molecule has 0 amide bonds. The zero-order valence-electron chi connectivity index (χ0n) is 8.79. The summed E-state index contributed by atoms with van der Waals surface area (Å²) in [4.78, 5) is 11.3. The quantitative estimate of drug-likeness (QED) is 0.631. The van der Waals surface area contributed by atoms with Gasteiger partial charge in [-0.2, -0.15) is 0 Å². The molecule has 0 aromatic rings. The largest absolute Gasteiger partial charge is 0.376 e. The van der Waals surface area contributed by atoms with Crippen molar-refractivity contribution in [1.29, 1.82) is 0 Å². The maximum atomic E-state index is 11.3. The molecule has 0 unspecified atom stereocenters. The van der Waals surface area contributed by atoms with Gasteiger partial charge in [0.05, 0.1) is 6.10 Å². The fraction of sp³-hybridized carbons (Fsp3) is 0.750. The highest BCUT2D eigenvalue weighted by atomic mass is 16.5. The second kappa shape index (κ2) is 4.26. The van der Waals surface area contributed by atoms with Crippen LogP contribution in [0.4, 0.5) is 0 Å². The number of carbonyl (C=O) groups excluding carboxylic acids is 1. The van der Waals surface area contributed by atoms with E-state index in [1.807, 2.05) is 0 Å². The first-order valence-corrected chi connectivity index (χ1v) is 5.59. The molecule has 0 aliphatic heterocycles. The van der Waals surface area contributed by atoms with Crippen molar-refractivity contribution in [1.82, 2.24) is 0 Å². The summed E-state index contributed by atoms with van der Waals surface area (Å²) in [6.07, 6.45) is 9.39. The predicted molar refractivity (Wildman–Crippen MR) is 55.1 cm³/mol. The third kappa shape index (κ3) is 1.90. The fourth-order valence-corrected chi connectivity index (χ4v) is 2.41. The van der Waals surface area contributed by atoms with Gasteiger partial charge in [-0.15, -0.1) is 0 Å². The lowest BCUT2D eigenvalue weighted by Crippen LogP contribution is -2.35. The number of methoxy groups -OCH3 is 1. The highest BCUT2D eigenvalue weighted by Gasteiger charge is 2.33. The Balaban J connectivity index is 1.97. The Hall–Kier alpha value is -0.630.